The van der Waals surface area contributed by atoms with E-state index in [2.05, 4.69) is 27.9 Å². The maximum atomic E-state index is 13.9. The van der Waals surface area contributed by atoms with Gasteiger partial charge in [-0.1, -0.05) is 24.3 Å². The van der Waals surface area contributed by atoms with Crippen molar-refractivity contribution in [1.82, 2.24) is 20.4 Å². The molecule has 144 valence electrons. The van der Waals surface area contributed by atoms with Gasteiger partial charge in [0.1, 0.15) is 11.5 Å². The molecule has 7 heteroatoms. The summed E-state index contributed by atoms with van der Waals surface area (Å²) in [5.41, 5.74) is 3.31. The van der Waals surface area contributed by atoms with Gasteiger partial charge in [0.15, 0.2) is 5.82 Å². The van der Waals surface area contributed by atoms with E-state index >= 15 is 0 Å². The molecular formula is C21H20F2N4O. The van der Waals surface area contributed by atoms with Crippen molar-refractivity contribution in [3.05, 3.63) is 83.2 Å². The van der Waals surface area contributed by atoms with Gasteiger partial charge in [-0.05, 0) is 42.5 Å². The number of aromatic nitrogens is 2. The molecule has 1 aliphatic rings. The van der Waals surface area contributed by atoms with Crippen LogP contribution in [-0.4, -0.2) is 15.8 Å². The number of benzene rings is 2. The first-order valence-corrected chi connectivity index (χ1v) is 9.21. The van der Waals surface area contributed by atoms with Crippen LogP contribution in [0.15, 0.2) is 54.9 Å². The SMILES string of the molecule is O=C(NCc1cnn(-c2ccc(F)cc2F)c1)NC1CCCc2ccccc21. The summed E-state index contributed by atoms with van der Waals surface area (Å²) in [5, 5.41) is 9.91. The highest BCUT2D eigenvalue weighted by Crippen LogP contribution is 2.29. The van der Waals surface area contributed by atoms with E-state index in [9.17, 15) is 13.6 Å². The lowest BCUT2D eigenvalue weighted by atomic mass is 9.88. The van der Waals surface area contributed by atoms with Crippen LogP contribution in [0.1, 0.15) is 35.6 Å². The number of rotatable bonds is 4. The molecule has 3 aromatic rings. The molecule has 0 bridgehead atoms. The van der Waals surface area contributed by atoms with Gasteiger partial charge in [-0.2, -0.15) is 5.10 Å². The Labute approximate surface area is 161 Å². The van der Waals surface area contributed by atoms with Crippen molar-refractivity contribution in [2.45, 2.75) is 31.8 Å². The lowest BCUT2D eigenvalue weighted by Crippen LogP contribution is -2.38. The lowest BCUT2D eigenvalue weighted by Gasteiger charge is -2.26. The van der Waals surface area contributed by atoms with Crippen molar-refractivity contribution in [2.75, 3.05) is 0 Å². The first-order valence-electron chi connectivity index (χ1n) is 9.21. The Morgan fingerprint density at radius 2 is 2.07 bits per heavy atom. The highest BCUT2D eigenvalue weighted by molar-refractivity contribution is 5.74. The molecule has 0 fully saturated rings. The zero-order valence-electron chi connectivity index (χ0n) is 15.2. The molecule has 0 aliphatic heterocycles. The van der Waals surface area contributed by atoms with Crippen LogP contribution in [0.25, 0.3) is 5.69 Å². The lowest BCUT2D eigenvalue weighted by molar-refractivity contribution is 0.235. The van der Waals surface area contributed by atoms with E-state index in [1.807, 2.05) is 12.1 Å². The van der Waals surface area contributed by atoms with Crippen LogP contribution < -0.4 is 10.6 Å². The van der Waals surface area contributed by atoms with Crippen LogP contribution in [0, 0.1) is 11.6 Å². The molecule has 2 N–H and O–H groups in total. The third kappa shape index (κ3) is 3.88. The first-order chi connectivity index (χ1) is 13.6. The summed E-state index contributed by atoms with van der Waals surface area (Å²) in [7, 11) is 0. The number of fused-ring (bicyclic) bond motifs is 1. The highest BCUT2D eigenvalue weighted by Gasteiger charge is 2.21. The zero-order valence-corrected chi connectivity index (χ0v) is 15.2. The van der Waals surface area contributed by atoms with Crippen molar-refractivity contribution in [3.63, 3.8) is 0 Å². The molecule has 2 amide bonds. The maximum absolute atomic E-state index is 13.9. The summed E-state index contributed by atoms with van der Waals surface area (Å²) in [6.07, 6.45) is 6.13. The number of nitrogens with zero attached hydrogens (tertiary/aromatic N) is 2. The summed E-state index contributed by atoms with van der Waals surface area (Å²) in [6, 6.07) is 11.2. The minimum Gasteiger partial charge on any atom is -0.334 e. The summed E-state index contributed by atoms with van der Waals surface area (Å²) in [4.78, 5) is 12.3. The van der Waals surface area contributed by atoms with E-state index in [-0.39, 0.29) is 24.3 Å². The minimum absolute atomic E-state index is 0.000911. The smallest absolute Gasteiger partial charge is 0.315 e. The zero-order chi connectivity index (χ0) is 19.5. The maximum Gasteiger partial charge on any atom is 0.315 e. The van der Waals surface area contributed by atoms with Gasteiger partial charge in [0.05, 0.1) is 12.2 Å². The average Bonchev–Trinajstić information content (AvgIpc) is 3.15. The van der Waals surface area contributed by atoms with Gasteiger partial charge in [-0.25, -0.2) is 18.3 Å². The van der Waals surface area contributed by atoms with Crippen LogP contribution in [0.5, 0.6) is 0 Å². The van der Waals surface area contributed by atoms with Crippen molar-refractivity contribution in [2.24, 2.45) is 0 Å². The van der Waals surface area contributed by atoms with Gasteiger partial charge in [0, 0.05) is 24.4 Å². The van der Waals surface area contributed by atoms with E-state index in [4.69, 9.17) is 0 Å². The Balaban J connectivity index is 1.37. The van der Waals surface area contributed by atoms with Crippen molar-refractivity contribution < 1.29 is 13.6 Å². The molecule has 28 heavy (non-hydrogen) atoms. The number of hydrogen-bond donors (Lipinski definition) is 2. The molecule has 0 radical (unpaired) electrons. The predicted molar refractivity (Wildman–Crippen MR) is 101 cm³/mol. The summed E-state index contributed by atoms with van der Waals surface area (Å²) in [6.45, 7) is 0.253. The Morgan fingerprint density at radius 3 is 2.93 bits per heavy atom. The van der Waals surface area contributed by atoms with Crippen LogP contribution in [0.4, 0.5) is 13.6 Å². The molecule has 0 spiro atoms. The molecule has 0 saturated heterocycles. The monoisotopic (exact) mass is 382 g/mol. The largest absolute Gasteiger partial charge is 0.334 e. The number of hydrogen-bond acceptors (Lipinski definition) is 2. The number of amides is 2. The number of carbonyl (C=O) groups excluding carboxylic acids is 1. The fourth-order valence-corrected chi connectivity index (χ4v) is 3.55. The normalized spacial score (nSPS) is 15.7. The quantitative estimate of drug-likeness (QED) is 0.716. The number of halogens is 2. The fourth-order valence-electron chi connectivity index (χ4n) is 3.55. The Bertz CT molecular complexity index is 1000. The highest BCUT2D eigenvalue weighted by atomic mass is 19.1. The molecule has 2 aromatic carbocycles. The van der Waals surface area contributed by atoms with Gasteiger partial charge in [-0.15, -0.1) is 0 Å². The minimum atomic E-state index is -0.698. The first kappa shape index (κ1) is 18.2. The predicted octanol–water partition coefficient (Wildman–Crippen LogP) is 4.03. The molecular weight excluding hydrogens is 362 g/mol. The fraction of sp³-hybridized carbons (Fsp3) is 0.238. The molecule has 1 heterocycles. The van der Waals surface area contributed by atoms with Crippen LogP contribution in [-0.2, 0) is 13.0 Å². The summed E-state index contributed by atoms with van der Waals surface area (Å²) in [5.74, 6) is -1.34. The van der Waals surface area contributed by atoms with Crippen LogP contribution >= 0.6 is 0 Å². The van der Waals surface area contributed by atoms with E-state index in [0.29, 0.717) is 5.56 Å². The van der Waals surface area contributed by atoms with Gasteiger partial charge in [0.2, 0.25) is 0 Å². The van der Waals surface area contributed by atoms with Gasteiger partial charge < -0.3 is 10.6 Å². The summed E-state index contributed by atoms with van der Waals surface area (Å²) >= 11 is 0. The number of carbonyl (C=O) groups is 1. The van der Waals surface area contributed by atoms with E-state index in [1.165, 1.54) is 27.9 Å². The Hall–Kier alpha value is -3.22. The standard InChI is InChI=1S/C21H20F2N4O/c22-16-8-9-20(18(23)10-16)27-13-14(12-25-27)11-24-21(28)26-19-7-3-5-15-4-1-2-6-17(15)19/h1-2,4,6,8-10,12-13,19H,3,5,7,11H2,(H2,24,26,28). The molecule has 5 nitrogen and oxygen atoms in total. The average molecular weight is 382 g/mol. The van der Waals surface area contributed by atoms with E-state index in [0.717, 1.165) is 25.3 Å². The van der Waals surface area contributed by atoms with Gasteiger partial charge in [0.25, 0.3) is 0 Å². The topological polar surface area (TPSA) is 59.0 Å². The second kappa shape index (κ2) is 7.80. The van der Waals surface area contributed by atoms with Gasteiger partial charge >= 0.3 is 6.03 Å². The second-order valence-corrected chi connectivity index (χ2v) is 6.86. The Kier molecular flexibility index (Phi) is 5.06. The second-order valence-electron chi connectivity index (χ2n) is 6.86. The van der Waals surface area contributed by atoms with Crippen molar-refractivity contribution in [3.8, 4) is 5.69 Å². The summed E-state index contributed by atoms with van der Waals surface area (Å²) < 4.78 is 28.2. The third-order valence-corrected chi connectivity index (χ3v) is 4.92. The number of nitrogens with one attached hydrogen (secondary N) is 2. The van der Waals surface area contributed by atoms with Gasteiger partial charge in [-0.3, -0.25) is 0 Å². The molecule has 0 saturated carbocycles. The van der Waals surface area contributed by atoms with E-state index in [1.54, 1.807) is 12.4 Å². The third-order valence-electron chi connectivity index (χ3n) is 4.92. The molecule has 1 atom stereocenters. The van der Waals surface area contributed by atoms with Crippen molar-refractivity contribution >= 4 is 6.03 Å². The van der Waals surface area contributed by atoms with E-state index < -0.39 is 11.6 Å². The Morgan fingerprint density at radius 1 is 1.21 bits per heavy atom. The van der Waals surface area contributed by atoms with Crippen LogP contribution in [0.3, 0.4) is 0 Å². The molecule has 1 aromatic heterocycles. The van der Waals surface area contributed by atoms with Crippen molar-refractivity contribution in [1.29, 1.82) is 0 Å². The molecule has 1 aliphatic carbocycles. The molecule has 4 rings (SSSR count). The number of aryl methyl sites for hydroxylation is 1. The number of urea groups is 1. The molecule has 1 unspecified atom stereocenters. The van der Waals surface area contributed by atoms with Crippen LogP contribution in [0.2, 0.25) is 0 Å².